The summed E-state index contributed by atoms with van der Waals surface area (Å²) in [4.78, 5) is 27.9. The number of anilines is 2. The van der Waals surface area contributed by atoms with E-state index in [2.05, 4.69) is 25.2 Å². The van der Waals surface area contributed by atoms with E-state index in [0.717, 1.165) is 37.1 Å². The van der Waals surface area contributed by atoms with Gasteiger partial charge < -0.3 is 19.7 Å². The minimum absolute atomic E-state index is 0.00983. The van der Waals surface area contributed by atoms with Gasteiger partial charge in [0.05, 0.1) is 31.8 Å². The van der Waals surface area contributed by atoms with Gasteiger partial charge in [0.15, 0.2) is 5.65 Å². The van der Waals surface area contributed by atoms with Crippen LogP contribution in [0.15, 0.2) is 42.9 Å². The van der Waals surface area contributed by atoms with Crippen molar-refractivity contribution in [3.63, 3.8) is 0 Å². The number of fused-ring (bicyclic) bond motifs is 1. The second kappa shape index (κ2) is 8.30. The molecule has 2 aromatic heterocycles. The number of nitrogens with one attached hydrogen (secondary N) is 1. The van der Waals surface area contributed by atoms with Gasteiger partial charge in [-0.15, -0.1) is 0 Å². The molecule has 1 aliphatic heterocycles. The van der Waals surface area contributed by atoms with Gasteiger partial charge in [-0.25, -0.2) is 9.97 Å². The van der Waals surface area contributed by atoms with Crippen molar-refractivity contribution >= 4 is 28.4 Å². The highest BCUT2D eigenvalue weighted by molar-refractivity contribution is 5.94. The number of aromatic nitrogens is 3. The number of amides is 1. The predicted molar refractivity (Wildman–Crippen MR) is 110 cm³/mol. The summed E-state index contributed by atoms with van der Waals surface area (Å²) >= 11 is 0. The van der Waals surface area contributed by atoms with E-state index >= 15 is 0 Å². The number of methoxy groups -OCH3 is 2. The zero-order valence-electron chi connectivity index (χ0n) is 16.5. The van der Waals surface area contributed by atoms with Crippen LogP contribution in [-0.2, 0) is 4.79 Å². The molecule has 0 spiro atoms. The summed E-state index contributed by atoms with van der Waals surface area (Å²) in [6.07, 6.45) is 6.65. The van der Waals surface area contributed by atoms with Crippen molar-refractivity contribution in [3.05, 3.63) is 42.9 Å². The number of benzene rings is 1. The summed E-state index contributed by atoms with van der Waals surface area (Å²) in [6.45, 7) is 1.57. The van der Waals surface area contributed by atoms with Gasteiger partial charge in [-0.05, 0) is 31.0 Å². The van der Waals surface area contributed by atoms with Gasteiger partial charge in [0, 0.05) is 37.5 Å². The lowest BCUT2D eigenvalue weighted by Crippen LogP contribution is -2.38. The molecule has 1 N–H and O–H groups in total. The summed E-state index contributed by atoms with van der Waals surface area (Å²) in [7, 11) is 3.17. The van der Waals surface area contributed by atoms with Crippen molar-refractivity contribution in [2.45, 2.75) is 12.8 Å². The monoisotopic (exact) mass is 393 g/mol. The molecule has 29 heavy (non-hydrogen) atoms. The van der Waals surface area contributed by atoms with Crippen LogP contribution in [0.25, 0.3) is 11.2 Å². The summed E-state index contributed by atoms with van der Waals surface area (Å²) < 4.78 is 10.6. The highest BCUT2D eigenvalue weighted by Gasteiger charge is 2.26. The van der Waals surface area contributed by atoms with Crippen LogP contribution in [0.3, 0.4) is 0 Å². The summed E-state index contributed by atoms with van der Waals surface area (Å²) in [5.41, 5.74) is 3.07. The standard InChI is InChI=1S/C21H23N5O3/c1-28-16-3-4-17(19(12-16)29-2)25-21(27)14-5-9-26(10-6-14)15-11-18-20(24-13-15)23-8-7-22-18/h3-4,7-8,11-14H,5-6,9-10H2,1-2H3,(H,25,27). The number of carbonyl (C=O) groups is 1. The molecule has 1 saturated heterocycles. The highest BCUT2D eigenvalue weighted by atomic mass is 16.5. The van der Waals surface area contributed by atoms with Crippen molar-refractivity contribution in [2.24, 2.45) is 5.92 Å². The minimum atomic E-state index is -0.0498. The molecule has 3 heterocycles. The molecule has 150 valence electrons. The van der Waals surface area contributed by atoms with E-state index in [0.29, 0.717) is 22.8 Å². The lowest BCUT2D eigenvalue weighted by molar-refractivity contribution is -0.120. The molecule has 8 nitrogen and oxygen atoms in total. The zero-order chi connectivity index (χ0) is 20.2. The molecule has 0 bridgehead atoms. The fourth-order valence-corrected chi connectivity index (χ4v) is 3.56. The van der Waals surface area contributed by atoms with Gasteiger partial charge >= 0.3 is 0 Å². The van der Waals surface area contributed by atoms with E-state index in [-0.39, 0.29) is 11.8 Å². The van der Waals surface area contributed by atoms with E-state index in [1.165, 1.54) is 0 Å². The Morgan fingerprint density at radius 2 is 1.86 bits per heavy atom. The van der Waals surface area contributed by atoms with Crippen LogP contribution in [0.2, 0.25) is 0 Å². The molecule has 0 radical (unpaired) electrons. The third-order valence-corrected chi connectivity index (χ3v) is 5.21. The molecule has 8 heteroatoms. The van der Waals surface area contributed by atoms with Crippen molar-refractivity contribution in [1.29, 1.82) is 0 Å². The molecule has 0 unspecified atom stereocenters. The predicted octanol–water partition coefficient (Wildman–Crippen LogP) is 2.90. The largest absolute Gasteiger partial charge is 0.497 e. The smallest absolute Gasteiger partial charge is 0.227 e. The summed E-state index contributed by atoms with van der Waals surface area (Å²) in [5.74, 6) is 1.22. The average molecular weight is 393 g/mol. The van der Waals surface area contributed by atoms with Gasteiger partial charge in [0.2, 0.25) is 5.91 Å². The van der Waals surface area contributed by atoms with Gasteiger partial charge in [0.25, 0.3) is 0 Å². The first-order valence-electron chi connectivity index (χ1n) is 9.52. The maximum atomic E-state index is 12.8. The lowest BCUT2D eigenvalue weighted by atomic mass is 9.95. The summed E-state index contributed by atoms with van der Waals surface area (Å²) in [5, 5.41) is 2.99. The van der Waals surface area contributed by atoms with Crippen LogP contribution < -0.4 is 19.7 Å². The number of ether oxygens (including phenoxy) is 2. The van der Waals surface area contributed by atoms with Crippen LogP contribution >= 0.6 is 0 Å². The number of hydrogen-bond donors (Lipinski definition) is 1. The Hall–Kier alpha value is -3.42. The zero-order valence-corrected chi connectivity index (χ0v) is 16.5. The lowest BCUT2D eigenvalue weighted by Gasteiger charge is -2.32. The van der Waals surface area contributed by atoms with E-state index in [4.69, 9.17) is 9.47 Å². The van der Waals surface area contributed by atoms with Gasteiger partial charge in [-0.2, -0.15) is 0 Å². The SMILES string of the molecule is COc1ccc(NC(=O)C2CCN(c3cnc4nccnc4c3)CC2)c(OC)c1. The third-order valence-electron chi connectivity index (χ3n) is 5.21. The van der Waals surface area contributed by atoms with Crippen LogP contribution in [0, 0.1) is 5.92 Å². The molecular weight excluding hydrogens is 370 g/mol. The molecule has 1 aliphatic rings. The Bertz CT molecular complexity index is 1020. The number of pyridine rings is 1. The number of carbonyl (C=O) groups excluding carboxylic acids is 1. The van der Waals surface area contributed by atoms with Crippen molar-refractivity contribution in [3.8, 4) is 11.5 Å². The molecule has 1 aromatic carbocycles. The van der Waals surface area contributed by atoms with Crippen molar-refractivity contribution < 1.29 is 14.3 Å². The first kappa shape index (κ1) is 18.9. The van der Waals surface area contributed by atoms with Gasteiger partial charge in [0.1, 0.15) is 17.0 Å². The number of nitrogens with zero attached hydrogens (tertiary/aromatic N) is 4. The normalized spacial score (nSPS) is 14.6. The van der Waals surface area contributed by atoms with E-state index in [9.17, 15) is 4.79 Å². The Labute approximate surface area is 168 Å². The van der Waals surface area contributed by atoms with E-state index in [1.807, 2.05) is 12.3 Å². The summed E-state index contributed by atoms with van der Waals surface area (Å²) in [6, 6.07) is 7.36. The second-order valence-corrected chi connectivity index (χ2v) is 6.91. The Morgan fingerprint density at radius 3 is 2.62 bits per heavy atom. The molecule has 1 amide bonds. The van der Waals surface area contributed by atoms with E-state index < -0.39 is 0 Å². The quantitative estimate of drug-likeness (QED) is 0.713. The van der Waals surface area contributed by atoms with Crippen LogP contribution in [-0.4, -0.2) is 48.2 Å². The van der Waals surface area contributed by atoms with Crippen LogP contribution in [0.4, 0.5) is 11.4 Å². The number of hydrogen-bond acceptors (Lipinski definition) is 7. The molecule has 0 aliphatic carbocycles. The molecule has 1 fully saturated rings. The Kier molecular flexibility index (Phi) is 5.41. The Morgan fingerprint density at radius 1 is 1.07 bits per heavy atom. The minimum Gasteiger partial charge on any atom is -0.497 e. The molecular formula is C21H23N5O3. The van der Waals surface area contributed by atoms with Crippen LogP contribution in [0.1, 0.15) is 12.8 Å². The van der Waals surface area contributed by atoms with Gasteiger partial charge in [-0.1, -0.05) is 0 Å². The fourth-order valence-electron chi connectivity index (χ4n) is 3.56. The third kappa shape index (κ3) is 4.06. The topological polar surface area (TPSA) is 89.5 Å². The maximum Gasteiger partial charge on any atom is 0.227 e. The van der Waals surface area contributed by atoms with Crippen LogP contribution in [0.5, 0.6) is 11.5 Å². The average Bonchev–Trinajstić information content (AvgIpc) is 2.79. The van der Waals surface area contributed by atoms with E-state index in [1.54, 1.807) is 44.8 Å². The molecule has 0 atom stereocenters. The first-order valence-corrected chi connectivity index (χ1v) is 9.52. The molecule has 3 aromatic rings. The maximum absolute atomic E-state index is 12.8. The molecule has 0 saturated carbocycles. The molecule has 4 rings (SSSR count). The first-order chi connectivity index (χ1) is 14.2. The number of piperidine rings is 1. The number of rotatable bonds is 5. The fraction of sp³-hybridized carbons (Fsp3) is 0.333. The highest BCUT2D eigenvalue weighted by Crippen LogP contribution is 2.31. The van der Waals surface area contributed by atoms with Crippen molar-refractivity contribution in [1.82, 2.24) is 15.0 Å². The second-order valence-electron chi connectivity index (χ2n) is 6.91. The van der Waals surface area contributed by atoms with Crippen molar-refractivity contribution in [2.75, 3.05) is 37.5 Å². The van der Waals surface area contributed by atoms with Gasteiger partial charge in [-0.3, -0.25) is 9.78 Å². The Balaban J connectivity index is 1.39.